The number of amides is 4. The maximum Gasteiger partial charge on any atom is 0.417 e. The van der Waals surface area contributed by atoms with Gasteiger partial charge in [0.25, 0.3) is 0 Å². The first-order valence-electron chi connectivity index (χ1n) is 22.5. The van der Waals surface area contributed by atoms with Crippen molar-refractivity contribution < 1.29 is 53.5 Å². The molecule has 11 rings (SSSR count). The Hall–Kier alpha value is -7.02. The average Bonchev–Trinajstić information content (AvgIpc) is 4.12. The van der Waals surface area contributed by atoms with Crippen molar-refractivity contribution in [1.29, 1.82) is 0 Å². The number of carbonyl (C=O) groups excluding carboxylic acids is 2. The van der Waals surface area contributed by atoms with E-state index in [1.54, 1.807) is 0 Å². The summed E-state index contributed by atoms with van der Waals surface area (Å²) in [6.45, 7) is 5.82. The van der Waals surface area contributed by atoms with E-state index in [1.807, 2.05) is 20.8 Å². The third kappa shape index (κ3) is 7.77. The van der Waals surface area contributed by atoms with Gasteiger partial charge < -0.3 is 29.3 Å². The highest BCUT2D eigenvalue weighted by atomic mass is 19.4. The number of aryl methyl sites for hydroxylation is 4. The minimum Gasteiger partial charge on any atom is -0.423 e. The second-order valence-corrected chi connectivity index (χ2v) is 18.8. The third-order valence-corrected chi connectivity index (χ3v) is 14.1. The Morgan fingerprint density at radius 2 is 1.23 bits per heavy atom. The van der Waals surface area contributed by atoms with Crippen molar-refractivity contribution in [3.63, 3.8) is 0 Å². The number of nitrogens with zero attached hydrogens (tertiary/aromatic N) is 12. The molecule has 2 N–H and O–H groups in total. The number of benzene rings is 2. The molecule has 2 aromatic carbocycles. The predicted molar refractivity (Wildman–Crippen MR) is 227 cm³/mol. The zero-order valence-corrected chi connectivity index (χ0v) is 38.0. The minimum absolute atomic E-state index is 0.0734. The molecule has 4 aromatic heterocycles. The lowest BCUT2D eigenvalue weighted by molar-refractivity contribution is -0.146. The summed E-state index contributed by atoms with van der Waals surface area (Å²) < 4.78 is 130. The molecule has 18 nitrogen and oxygen atoms in total. The number of aromatic nitrogens is 10. The van der Waals surface area contributed by atoms with Crippen molar-refractivity contribution in [3.05, 3.63) is 83.2 Å². The van der Waals surface area contributed by atoms with Crippen LogP contribution in [0.25, 0.3) is 22.8 Å². The van der Waals surface area contributed by atoms with Crippen LogP contribution in [0, 0.1) is 29.4 Å². The Morgan fingerprint density at radius 3 is 1.73 bits per heavy atom. The molecule has 5 fully saturated rings. The molecule has 2 saturated carbocycles. The Kier molecular flexibility index (Phi) is 11.0. The molecule has 370 valence electrons. The average molecular weight is 985 g/mol. The third-order valence-electron chi connectivity index (χ3n) is 14.1. The van der Waals surface area contributed by atoms with Crippen LogP contribution in [0.5, 0.6) is 0 Å². The molecule has 3 unspecified atom stereocenters. The molecule has 2 aliphatic carbocycles. The number of likely N-dealkylation sites (tertiary alicyclic amines) is 1. The summed E-state index contributed by atoms with van der Waals surface area (Å²) in [7, 11) is 2.92. The molecule has 7 heterocycles. The largest absolute Gasteiger partial charge is 0.423 e. The van der Waals surface area contributed by atoms with Crippen molar-refractivity contribution >= 4 is 23.4 Å². The highest BCUT2D eigenvalue weighted by molar-refractivity contribution is 5.93. The van der Waals surface area contributed by atoms with Gasteiger partial charge in [-0.2, -0.15) is 36.5 Å². The summed E-state index contributed by atoms with van der Waals surface area (Å²) in [6, 6.07) is -0.108. The first-order chi connectivity index (χ1) is 33.1. The minimum atomic E-state index is -4.97. The number of halogens is 8. The van der Waals surface area contributed by atoms with Gasteiger partial charge in [-0.05, 0) is 67.7 Å². The van der Waals surface area contributed by atoms with Crippen LogP contribution in [0.15, 0.2) is 45.8 Å². The van der Waals surface area contributed by atoms with E-state index in [0.717, 1.165) is 12.1 Å². The number of alkyl halides is 6. The van der Waals surface area contributed by atoms with Crippen LogP contribution in [0.1, 0.15) is 94.0 Å². The number of urea groups is 2. The molecule has 4 bridgehead atoms. The Morgan fingerprint density at radius 1 is 0.714 bits per heavy atom. The van der Waals surface area contributed by atoms with Gasteiger partial charge in [-0.1, -0.05) is 20.8 Å². The standard InChI is InChI=1S/C44H44F8N14O4/c1-6-33-57-59-38(69-33)42-15-21(3)23(32(17-42)66(42)40(68)56-31-11-25(36-54-19-64(5)62-36)27(13-29(31)46)44(50,51)52)7-8-34-58-60-37(70-34)41-14-20(2)9-22(16-41)65(41)39(67)55-30-10-24(35-53-18-63(4)61-35)26(12-28(30)45)43(47,48)49/h10-13,18-23,32H,6-9,14-17H2,1-5H3,(H,55,67)(H,56,68)/t20-,21-,22?,23?,32+,41?,42+/m0/s1. The fourth-order valence-corrected chi connectivity index (χ4v) is 11.2. The van der Waals surface area contributed by atoms with Crippen molar-refractivity contribution in [1.82, 2.24) is 59.7 Å². The van der Waals surface area contributed by atoms with Crippen LogP contribution in [0.3, 0.4) is 0 Å². The highest BCUT2D eigenvalue weighted by Gasteiger charge is 2.66. The lowest BCUT2D eigenvalue weighted by Gasteiger charge is -2.64. The molecular weight excluding hydrogens is 941 g/mol. The monoisotopic (exact) mass is 984 g/mol. The maximum atomic E-state index is 15.6. The van der Waals surface area contributed by atoms with Gasteiger partial charge in [0, 0.05) is 63.0 Å². The Balaban J connectivity index is 0.890. The topological polar surface area (TPSA) is 204 Å². The molecule has 7 atom stereocenters. The second kappa shape index (κ2) is 16.6. The van der Waals surface area contributed by atoms with Crippen LogP contribution in [-0.2, 0) is 50.4 Å². The summed E-state index contributed by atoms with van der Waals surface area (Å²) in [5.41, 5.74) is -6.96. The number of carbonyl (C=O) groups is 2. The molecule has 0 radical (unpaired) electrons. The number of nitrogens with one attached hydrogen (secondary N) is 2. The zero-order valence-electron chi connectivity index (χ0n) is 38.0. The highest BCUT2D eigenvalue weighted by Crippen LogP contribution is 2.59. The SMILES string of the molecule is CCc1nnc([C@]23C[C@H](C(CCc4nnc(C56CC(C[C@H](C)C5)N6C(=O)Nc5cc(-c6ncn(C)n6)c(C(F)(F)F)cc5F)o4)[C@@H](C)C2)N3C(=O)Nc2cc(-c3ncn(C)n3)c(C(F)(F)F)cc2F)o1. The van der Waals surface area contributed by atoms with E-state index in [9.17, 15) is 35.9 Å². The zero-order chi connectivity index (χ0) is 49.8. The van der Waals surface area contributed by atoms with E-state index in [4.69, 9.17) is 8.83 Å². The van der Waals surface area contributed by atoms with E-state index in [0.29, 0.717) is 63.0 Å². The van der Waals surface area contributed by atoms with Crippen LogP contribution >= 0.6 is 0 Å². The molecule has 5 aliphatic rings. The van der Waals surface area contributed by atoms with Crippen LogP contribution in [0.4, 0.5) is 56.1 Å². The van der Waals surface area contributed by atoms with E-state index < -0.39 is 86.8 Å². The van der Waals surface area contributed by atoms with Gasteiger partial charge in [-0.15, -0.1) is 20.4 Å². The van der Waals surface area contributed by atoms with E-state index >= 15 is 8.78 Å². The van der Waals surface area contributed by atoms with Crippen molar-refractivity contribution in [2.75, 3.05) is 10.6 Å². The van der Waals surface area contributed by atoms with Crippen LogP contribution in [0.2, 0.25) is 0 Å². The summed E-state index contributed by atoms with van der Waals surface area (Å²) >= 11 is 0. The molecule has 3 saturated heterocycles. The normalized spacial score (nSPS) is 25.1. The van der Waals surface area contributed by atoms with E-state index in [2.05, 4.69) is 51.2 Å². The van der Waals surface area contributed by atoms with Gasteiger partial charge in [0.15, 0.2) is 11.6 Å². The van der Waals surface area contributed by atoms with Gasteiger partial charge in [0.2, 0.25) is 23.6 Å². The van der Waals surface area contributed by atoms with Gasteiger partial charge >= 0.3 is 24.4 Å². The van der Waals surface area contributed by atoms with Crippen LogP contribution in [-0.4, -0.2) is 83.9 Å². The summed E-state index contributed by atoms with van der Waals surface area (Å²) in [5, 5.41) is 30.0. The second-order valence-electron chi connectivity index (χ2n) is 18.8. The lowest BCUT2D eigenvalue weighted by Crippen LogP contribution is -2.73. The first-order valence-corrected chi connectivity index (χ1v) is 22.5. The number of hydrogen-bond donors (Lipinski definition) is 2. The van der Waals surface area contributed by atoms with Gasteiger partial charge in [-0.25, -0.2) is 28.3 Å². The number of fused-ring (bicyclic) bond motifs is 4. The molecule has 3 aliphatic heterocycles. The smallest absolute Gasteiger partial charge is 0.417 e. The number of anilines is 2. The fourth-order valence-electron chi connectivity index (χ4n) is 11.2. The van der Waals surface area contributed by atoms with Crippen LogP contribution < -0.4 is 10.6 Å². The fraction of sp³-hybridized carbons (Fsp3) is 0.500. The molecule has 26 heteroatoms. The first kappa shape index (κ1) is 46.7. The lowest BCUT2D eigenvalue weighted by atomic mass is 9.58. The Labute approximate surface area is 392 Å². The summed E-state index contributed by atoms with van der Waals surface area (Å²) in [4.78, 5) is 39.3. The van der Waals surface area contributed by atoms with Gasteiger partial charge in [0.1, 0.15) is 35.4 Å². The van der Waals surface area contributed by atoms with Crippen molar-refractivity contribution in [3.8, 4) is 22.8 Å². The quantitative estimate of drug-likeness (QED) is 0.124. The van der Waals surface area contributed by atoms with Crippen molar-refractivity contribution in [2.45, 2.75) is 108 Å². The molecule has 0 spiro atoms. The van der Waals surface area contributed by atoms with Gasteiger partial charge in [-0.3, -0.25) is 9.36 Å². The molecule has 70 heavy (non-hydrogen) atoms. The van der Waals surface area contributed by atoms with E-state index in [1.165, 1.54) is 45.9 Å². The number of piperidine rings is 2. The molecule has 4 amide bonds. The molecule has 6 aromatic rings. The van der Waals surface area contributed by atoms with Crippen molar-refractivity contribution in [2.24, 2.45) is 31.8 Å². The van der Waals surface area contributed by atoms with Gasteiger partial charge in [0.05, 0.1) is 22.5 Å². The summed E-state index contributed by atoms with van der Waals surface area (Å²) in [6.07, 6.45) is -4.35. The maximum absolute atomic E-state index is 15.6. The van der Waals surface area contributed by atoms with E-state index in [-0.39, 0.29) is 59.5 Å². The summed E-state index contributed by atoms with van der Waals surface area (Å²) in [5.74, 6) is -2.63. The molecular formula is C44H44F8N14O4. The Bertz CT molecular complexity index is 3020. The predicted octanol–water partition coefficient (Wildman–Crippen LogP) is 8.64. The number of rotatable bonds is 10. The number of hydrogen-bond acceptors (Lipinski definition) is 12.